The number of alkyl halides is 12. The van der Waals surface area contributed by atoms with Gasteiger partial charge in [0.25, 0.3) is 0 Å². The van der Waals surface area contributed by atoms with Crippen molar-refractivity contribution in [3.8, 4) is 0 Å². The molecule has 0 heterocycles. The summed E-state index contributed by atoms with van der Waals surface area (Å²) in [6, 6.07) is 0. The van der Waals surface area contributed by atoms with Crippen molar-refractivity contribution in [2.24, 2.45) is 0 Å². The zero-order valence-corrected chi connectivity index (χ0v) is 13.0. The maximum absolute atomic E-state index is 11.4. The predicted octanol–water partition coefficient (Wildman–Crippen LogP) is 3.18. The Bertz CT molecular complexity index is 456. The second-order valence-corrected chi connectivity index (χ2v) is 4.13. The Balaban J connectivity index is -0.000000411. The van der Waals surface area contributed by atoms with Gasteiger partial charge < -0.3 is 0 Å². The molecule has 162 valence electrons. The van der Waals surface area contributed by atoms with E-state index in [2.05, 4.69) is 0 Å². The first-order valence-electron chi connectivity index (χ1n) is 5.58. The van der Waals surface area contributed by atoms with Gasteiger partial charge in [0.15, 0.2) is 12.8 Å². The molecule has 0 amide bonds. The van der Waals surface area contributed by atoms with Crippen molar-refractivity contribution in [1.29, 1.82) is 0 Å². The zero-order valence-electron chi connectivity index (χ0n) is 12.1. The number of halogens is 12. The fourth-order valence-corrected chi connectivity index (χ4v) is 0.718. The fraction of sp³-hybridized carbons (Fsp3) is 0.600. The molecule has 0 fully saturated rings. The van der Waals surface area contributed by atoms with E-state index < -0.39 is 60.7 Å². The molecule has 0 aromatic heterocycles. The molecule has 0 aliphatic carbocycles. The minimum Gasteiger partial charge on any atom is -0.273 e. The molecule has 0 unspecified atom stereocenters. The zero-order chi connectivity index (χ0) is 21.7. The number of carbonyl (C=O) groups excluding carboxylic acids is 4. The van der Waals surface area contributed by atoms with Crippen LogP contribution in [0.1, 0.15) is 12.8 Å². The Morgan fingerprint density at radius 2 is 0.519 bits per heavy atom. The second-order valence-electron chi connectivity index (χ2n) is 4.13. The molecule has 0 rings (SSSR count). The summed E-state index contributed by atoms with van der Waals surface area (Å²) in [6.45, 7) is 0. The van der Waals surface area contributed by atoms with Crippen LogP contribution in [0.3, 0.4) is 0 Å². The van der Waals surface area contributed by atoms with Gasteiger partial charge in [0.2, 0.25) is 0 Å². The summed E-state index contributed by atoms with van der Waals surface area (Å²) in [5.74, 6) is -9.55. The van der Waals surface area contributed by atoms with Gasteiger partial charge in [0.05, 0.1) is 0 Å². The van der Waals surface area contributed by atoms with Crippen LogP contribution in [0.4, 0.5) is 52.7 Å². The smallest absolute Gasteiger partial charge is 0.273 e. The van der Waals surface area contributed by atoms with Gasteiger partial charge in [-0.1, -0.05) is 0 Å². The summed E-state index contributed by atoms with van der Waals surface area (Å²) in [5, 5.41) is 0. The SMILES string of the molecule is [Ni].[OH+]=C(CC(=[OH+])C(F)(F)F)C(F)(F)F.[OH+]=C(CC(=[OH+])C(F)(F)F)C(F)(F)F. The van der Waals surface area contributed by atoms with E-state index in [4.69, 9.17) is 19.2 Å². The Morgan fingerprint density at radius 1 is 0.407 bits per heavy atom. The Labute approximate surface area is 150 Å². The largest absolute Gasteiger partial charge is 0.505 e. The van der Waals surface area contributed by atoms with Crippen LogP contribution in [0.25, 0.3) is 0 Å². The van der Waals surface area contributed by atoms with Crippen molar-refractivity contribution in [3.05, 3.63) is 0 Å². The molecule has 0 saturated heterocycles. The van der Waals surface area contributed by atoms with Crippen LogP contribution >= 0.6 is 0 Å². The van der Waals surface area contributed by atoms with Gasteiger partial charge in [-0.05, 0) is 0 Å². The van der Waals surface area contributed by atoms with E-state index in [0.29, 0.717) is 0 Å². The van der Waals surface area contributed by atoms with Gasteiger partial charge in [0.1, 0.15) is 0 Å². The molecule has 0 aliphatic heterocycles. The van der Waals surface area contributed by atoms with Crippen LogP contribution in [0.5, 0.6) is 0 Å². The first-order chi connectivity index (χ1) is 11.1. The van der Waals surface area contributed by atoms with Gasteiger partial charge >= 0.3 is 47.8 Å². The monoisotopic (exact) mass is 478 g/mol. The molecule has 4 nitrogen and oxygen atoms in total. The van der Waals surface area contributed by atoms with Gasteiger partial charge in [-0.15, -0.1) is 0 Å². The first-order valence-corrected chi connectivity index (χ1v) is 5.58. The van der Waals surface area contributed by atoms with Gasteiger partial charge in [-0.25, -0.2) is 0 Å². The minimum atomic E-state index is -5.25. The second kappa shape index (κ2) is 10.0. The number of ketones is 4. The Hall–Kier alpha value is -1.67. The molecule has 0 spiro atoms. The van der Waals surface area contributed by atoms with Crippen molar-refractivity contribution in [1.82, 2.24) is 0 Å². The molecule has 0 aromatic rings. The quantitative estimate of drug-likeness (QED) is 0.257. The van der Waals surface area contributed by atoms with Crippen LogP contribution in [0.2, 0.25) is 0 Å². The van der Waals surface area contributed by atoms with Crippen LogP contribution < -0.4 is 0 Å². The van der Waals surface area contributed by atoms with E-state index in [-0.39, 0.29) is 16.5 Å². The van der Waals surface area contributed by atoms with Crippen LogP contribution in [0, 0.1) is 0 Å². The van der Waals surface area contributed by atoms with E-state index in [9.17, 15) is 52.7 Å². The van der Waals surface area contributed by atoms with Gasteiger partial charge in [-0.3, -0.25) is 19.2 Å². The van der Waals surface area contributed by atoms with Gasteiger partial charge in [0, 0.05) is 16.5 Å². The third kappa shape index (κ3) is 13.2. The summed E-state index contributed by atoms with van der Waals surface area (Å²) in [6.07, 6.45) is -24.9. The molecule has 0 atom stereocenters. The van der Waals surface area contributed by atoms with E-state index in [0.717, 1.165) is 0 Å². The summed E-state index contributed by atoms with van der Waals surface area (Å²) in [4.78, 5) is 32.1. The van der Waals surface area contributed by atoms with Crippen LogP contribution in [-0.4, -0.2) is 67.0 Å². The number of hydrogen-bond donors (Lipinski definition) is 0. The van der Waals surface area contributed by atoms with E-state index in [1.54, 1.807) is 0 Å². The summed E-state index contributed by atoms with van der Waals surface area (Å²) >= 11 is 0. The van der Waals surface area contributed by atoms with Crippen LogP contribution in [0.15, 0.2) is 0 Å². The standard InChI is InChI=1S/2C5H2F6O2.Ni/c2*6-4(7,8)2(12)1-3(13)5(9,10)11;/h2*1H2;/p+4. The normalized spacial score (nSPS) is 12.3. The molecule has 17 heteroatoms. The maximum Gasteiger partial charge on any atom is 0.505 e. The van der Waals surface area contributed by atoms with Crippen molar-refractivity contribution in [2.75, 3.05) is 0 Å². The summed E-state index contributed by atoms with van der Waals surface area (Å²) < 4.78 is 137. The molecular formula is C10H8F12NiO4+4. The third-order valence-corrected chi connectivity index (χ3v) is 1.98. The molecule has 4 N–H and O–H groups in total. The van der Waals surface area contributed by atoms with Crippen molar-refractivity contribution >= 4 is 23.1 Å². The number of rotatable bonds is 4. The minimum absolute atomic E-state index is 0. The molecule has 0 saturated carbocycles. The molecule has 0 radical (unpaired) electrons. The summed E-state index contributed by atoms with van der Waals surface area (Å²) in [5.41, 5.74) is 0. The summed E-state index contributed by atoms with van der Waals surface area (Å²) in [7, 11) is 0. The van der Waals surface area contributed by atoms with Gasteiger partial charge in [-0.2, -0.15) is 52.7 Å². The Kier molecular flexibility index (Phi) is 11.2. The van der Waals surface area contributed by atoms with Crippen molar-refractivity contribution in [2.45, 2.75) is 37.5 Å². The van der Waals surface area contributed by atoms with Crippen molar-refractivity contribution < 1.29 is 88.4 Å². The van der Waals surface area contributed by atoms with E-state index >= 15 is 0 Å². The topological polar surface area (TPSA) is 85.6 Å². The predicted molar refractivity (Wildman–Crippen MR) is 61.2 cm³/mol. The molecular weight excluding hydrogens is 471 g/mol. The molecule has 0 aromatic carbocycles. The maximum atomic E-state index is 11.4. The molecule has 0 bridgehead atoms. The van der Waals surface area contributed by atoms with Crippen LogP contribution in [-0.2, 0) is 16.5 Å². The first kappa shape index (κ1) is 30.1. The average Bonchev–Trinajstić information content (AvgIpc) is 2.34. The van der Waals surface area contributed by atoms with E-state index in [1.165, 1.54) is 0 Å². The Morgan fingerprint density at radius 3 is 0.593 bits per heavy atom. The van der Waals surface area contributed by atoms with E-state index in [1.807, 2.05) is 0 Å². The average molecular weight is 479 g/mol. The molecule has 0 aliphatic rings. The fourth-order valence-electron chi connectivity index (χ4n) is 0.718. The molecule has 27 heavy (non-hydrogen) atoms. The number of hydrogen-bond acceptors (Lipinski definition) is 0. The third-order valence-electron chi connectivity index (χ3n) is 1.98. The van der Waals surface area contributed by atoms with Crippen molar-refractivity contribution in [3.63, 3.8) is 0 Å².